The lowest BCUT2D eigenvalue weighted by Gasteiger charge is -2.32. The van der Waals surface area contributed by atoms with Gasteiger partial charge in [0.25, 0.3) is 0 Å². The SMILES string of the molecule is CCCCCCNC1CCCN(S(=O)(=O)c2cccc3c(O)nccc23)C1. The number of pyridine rings is 1. The van der Waals surface area contributed by atoms with Crippen LogP contribution in [-0.4, -0.2) is 48.5 Å². The van der Waals surface area contributed by atoms with Crippen molar-refractivity contribution in [3.05, 3.63) is 30.5 Å². The maximum atomic E-state index is 13.3. The Labute approximate surface area is 161 Å². The summed E-state index contributed by atoms with van der Waals surface area (Å²) in [5, 5.41) is 14.4. The summed E-state index contributed by atoms with van der Waals surface area (Å²) in [5.41, 5.74) is 0. The van der Waals surface area contributed by atoms with Crippen LogP contribution in [0.1, 0.15) is 45.4 Å². The van der Waals surface area contributed by atoms with Crippen molar-refractivity contribution in [2.75, 3.05) is 19.6 Å². The Morgan fingerprint density at radius 1 is 1.22 bits per heavy atom. The Morgan fingerprint density at radius 2 is 2.07 bits per heavy atom. The Bertz CT molecular complexity index is 870. The van der Waals surface area contributed by atoms with Gasteiger partial charge >= 0.3 is 0 Å². The minimum Gasteiger partial charge on any atom is -0.493 e. The lowest BCUT2D eigenvalue weighted by Crippen LogP contribution is -2.48. The molecule has 2 N–H and O–H groups in total. The molecule has 0 spiro atoms. The molecule has 7 heteroatoms. The van der Waals surface area contributed by atoms with Gasteiger partial charge in [-0.1, -0.05) is 32.3 Å². The van der Waals surface area contributed by atoms with Crippen LogP contribution in [0.4, 0.5) is 0 Å². The third-order valence-corrected chi connectivity index (χ3v) is 7.13. The normalized spacial score (nSPS) is 18.8. The monoisotopic (exact) mass is 391 g/mol. The first-order valence-electron chi connectivity index (χ1n) is 9.84. The van der Waals surface area contributed by atoms with E-state index in [9.17, 15) is 13.5 Å². The van der Waals surface area contributed by atoms with Crippen LogP contribution in [0.5, 0.6) is 5.88 Å². The van der Waals surface area contributed by atoms with Gasteiger partial charge in [0.2, 0.25) is 15.9 Å². The molecule has 0 saturated carbocycles. The van der Waals surface area contributed by atoms with E-state index >= 15 is 0 Å². The quantitative estimate of drug-likeness (QED) is 0.675. The number of aromatic nitrogens is 1. The van der Waals surface area contributed by atoms with E-state index in [0.29, 0.717) is 23.9 Å². The van der Waals surface area contributed by atoms with E-state index in [0.717, 1.165) is 25.8 Å². The molecule has 0 aliphatic carbocycles. The maximum absolute atomic E-state index is 13.3. The summed E-state index contributed by atoms with van der Waals surface area (Å²) in [6.45, 7) is 4.15. The smallest absolute Gasteiger partial charge is 0.243 e. The fraction of sp³-hybridized carbons (Fsp3) is 0.550. The van der Waals surface area contributed by atoms with Crippen molar-refractivity contribution >= 4 is 20.8 Å². The van der Waals surface area contributed by atoms with Crippen LogP contribution < -0.4 is 5.32 Å². The molecule has 2 aromatic rings. The Hall–Kier alpha value is -1.70. The molecule has 27 heavy (non-hydrogen) atoms. The first kappa shape index (κ1) is 20.0. The van der Waals surface area contributed by atoms with E-state index in [2.05, 4.69) is 17.2 Å². The molecule has 1 aromatic heterocycles. The largest absolute Gasteiger partial charge is 0.493 e. The zero-order chi connectivity index (χ0) is 19.3. The minimum atomic E-state index is -3.62. The second kappa shape index (κ2) is 8.99. The van der Waals surface area contributed by atoms with E-state index in [1.165, 1.54) is 25.5 Å². The second-order valence-corrected chi connectivity index (χ2v) is 9.11. The van der Waals surface area contributed by atoms with Gasteiger partial charge in [-0.15, -0.1) is 0 Å². The van der Waals surface area contributed by atoms with Gasteiger partial charge in [0.05, 0.1) is 4.90 Å². The lowest BCUT2D eigenvalue weighted by atomic mass is 10.1. The molecule has 1 saturated heterocycles. The van der Waals surface area contributed by atoms with Gasteiger partial charge in [-0.25, -0.2) is 13.4 Å². The van der Waals surface area contributed by atoms with Gasteiger partial charge in [-0.05, 0) is 44.0 Å². The highest BCUT2D eigenvalue weighted by Gasteiger charge is 2.31. The number of hydrogen-bond acceptors (Lipinski definition) is 5. The number of nitrogens with one attached hydrogen (secondary N) is 1. The number of nitrogens with zero attached hydrogens (tertiary/aromatic N) is 2. The first-order chi connectivity index (χ1) is 13.0. The van der Waals surface area contributed by atoms with Crippen LogP contribution in [0.25, 0.3) is 10.8 Å². The van der Waals surface area contributed by atoms with E-state index in [4.69, 9.17) is 0 Å². The van der Waals surface area contributed by atoms with E-state index < -0.39 is 10.0 Å². The second-order valence-electron chi connectivity index (χ2n) is 7.20. The summed E-state index contributed by atoms with van der Waals surface area (Å²) >= 11 is 0. The number of benzene rings is 1. The molecule has 1 aromatic carbocycles. The number of sulfonamides is 1. The van der Waals surface area contributed by atoms with Gasteiger partial charge in [-0.2, -0.15) is 4.31 Å². The highest BCUT2D eigenvalue weighted by Crippen LogP contribution is 2.30. The molecule has 1 atom stereocenters. The lowest BCUT2D eigenvalue weighted by molar-refractivity contribution is 0.283. The Balaban J connectivity index is 1.74. The molecule has 1 unspecified atom stereocenters. The van der Waals surface area contributed by atoms with Crippen molar-refractivity contribution in [3.63, 3.8) is 0 Å². The van der Waals surface area contributed by atoms with Crippen molar-refractivity contribution in [2.24, 2.45) is 0 Å². The maximum Gasteiger partial charge on any atom is 0.243 e. The highest BCUT2D eigenvalue weighted by atomic mass is 32.2. The van der Waals surface area contributed by atoms with E-state index in [1.54, 1.807) is 28.6 Å². The zero-order valence-corrected chi connectivity index (χ0v) is 16.7. The average Bonchev–Trinajstić information content (AvgIpc) is 2.68. The fourth-order valence-corrected chi connectivity index (χ4v) is 5.44. The molecular weight excluding hydrogens is 362 g/mol. The van der Waals surface area contributed by atoms with Crippen molar-refractivity contribution < 1.29 is 13.5 Å². The number of aromatic hydroxyl groups is 1. The molecule has 0 radical (unpaired) electrons. The van der Waals surface area contributed by atoms with E-state index in [1.807, 2.05) is 0 Å². The van der Waals surface area contributed by atoms with Crippen LogP contribution in [0.2, 0.25) is 0 Å². The third-order valence-electron chi connectivity index (χ3n) is 5.21. The Morgan fingerprint density at radius 3 is 2.89 bits per heavy atom. The van der Waals surface area contributed by atoms with Crippen molar-refractivity contribution in [3.8, 4) is 5.88 Å². The summed E-state index contributed by atoms with van der Waals surface area (Å²) in [7, 11) is -3.62. The van der Waals surface area contributed by atoms with Crippen LogP contribution in [0.3, 0.4) is 0 Å². The topological polar surface area (TPSA) is 82.5 Å². The van der Waals surface area contributed by atoms with Gasteiger partial charge < -0.3 is 10.4 Å². The highest BCUT2D eigenvalue weighted by molar-refractivity contribution is 7.89. The van der Waals surface area contributed by atoms with Crippen LogP contribution in [0, 0.1) is 0 Å². The van der Waals surface area contributed by atoms with E-state index in [-0.39, 0.29) is 16.8 Å². The van der Waals surface area contributed by atoms with Crippen LogP contribution in [-0.2, 0) is 10.0 Å². The van der Waals surface area contributed by atoms with Crippen LogP contribution >= 0.6 is 0 Å². The zero-order valence-electron chi connectivity index (χ0n) is 15.9. The number of fused-ring (bicyclic) bond motifs is 1. The molecule has 2 heterocycles. The summed E-state index contributed by atoms with van der Waals surface area (Å²) in [6, 6.07) is 6.80. The summed E-state index contributed by atoms with van der Waals surface area (Å²) < 4.78 is 28.1. The molecular formula is C20H29N3O3S. The molecule has 1 aliphatic heterocycles. The van der Waals surface area contributed by atoms with Gasteiger partial charge in [-0.3, -0.25) is 0 Å². The van der Waals surface area contributed by atoms with Crippen molar-refractivity contribution in [1.29, 1.82) is 0 Å². The molecule has 1 aliphatic rings. The van der Waals surface area contributed by atoms with Gasteiger partial charge in [0.15, 0.2) is 0 Å². The molecule has 0 amide bonds. The third kappa shape index (κ3) is 4.59. The Kier molecular flexibility index (Phi) is 6.68. The minimum absolute atomic E-state index is 0.144. The summed E-state index contributed by atoms with van der Waals surface area (Å²) in [6.07, 6.45) is 8.09. The molecule has 1 fully saturated rings. The van der Waals surface area contributed by atoms with Crippen molar-refractivity contribution in [1.82, 2.24) is 14.6 Å². The first-order valence-corrected chi connectivity index (χ1v) is 11.3. The molecule has 148 valence electrons. The van der Waals surface area contributed by atoms with Gasteiger partial charge in [0, 0.05) is 36.1 Å². The number of rotatable bonds is 8. The number of hydrogen-bond donors (Lipinski definition) is 2. The van der Waals surface area contributed by atoms with Crippen molar-refractivity contribution in [2.45, 2.75) is 56.4 Å². The van der Waals surface area contributed by atoms with Gasteiger partial charge in [0.1, 0.15) is 0 Å². The predicted octanol–water partition coefficient (Wildman–Crippen LogP) is 3.26. The summed E-state index contributed by atoms with van der Waals surface area (Å²) in [5.74, 6) is -0.144. The predicted molar refractivity (Wildman–Crippen MR) is 107 cm³/mol. The van der Waals surface area contributed by atoms with Crippen LogP contribution in [0.15, 0.2) is 35.4 Å². The molecule has 6 nitrogen and oxygen atoms in total. The summed E-state index contributed by atoms with van der Waals surface area (Å²) in [4.78, 5) is 4.08. The average molecular weight is 392 g/mol. The molecule has 0 bridgehead atoms. The molecule has 3 rings (SSSR count). The fourth-order valence-electron chi connectivity index (χ4n) is 3.71. The number of unbranched alkanes of at least 4 members (excludes halogenated alkanes) is 3. The standard InChI is InChI=1S/C20H29N3O3S/c1-2-3-4-5-12-21-16-8-7-14-23(15-16)27(25,26)19-10-6-9-18-17(19)11-13-22-20(18)24/h6,9-11,13,16,21H,2-5,7-8,12,14-15H2,1H3,(H,22,24). The number of piperidine rings is 1.